The van der Waals surface area contributed by atoms with E-state index < -0.39 is 0 Å². The van der Waals surface area contributed by atoms with Crippen LogP contribution >= 0.6 is 11.6 Å². The van der Waals surface area contributed by atoms with Gasteiger partial charge < -0.3 is 15.6 Å². The first-order valence-corrected chi connectivity index (χ1v) is 6.73. The largest absolute Gasteiger partial charge is 0.497 e. The molecule has 0 aliphatic heterocycles. The Kier molecular flexibility index (Phi) is 3.45. The number of aliphatic hydroxyl groups is 1. The molecule has 1 heterocycles. The molecule has 3 N–H and O–H groups in total. The van der Waals surface area contributed by atoms with Gasteiger partial charge in [0.2, 0.25) is 0 Å². The quantitative estimate of drug-likeness (QED) is 0.730. The minimum Gasteiger partial charge on any atom is -0.497 e. The molecular formula is C15H14ClN3O2. The second-order valence-electron chi connectivity index (χ2n) is 4.59. The summed E-state index contributed by atoms with van der Waals surface area (Å²) in [6, 6.07) is 10.7. The molecule has 108 valence electrons. The number of nitrogen functional groups attached to an aromatic ring is 1. The summed E-state index contributed by atoms with van der Waals surface area (Å²) in [5.41, 5.74) is 8.63. The van der Waals surface area contributed by atoms with Gasteiger partial charge in [-0.1, -0.05) is 11.6 Å². The summed E-state index contributed by atoms with van der Waals surface area (Å²) >= 11 is 6.29. The second kappa shape index (κ2) is 5.27. The van der Waals surface area contributed by atoms with Crippen molar-refractivity contribution in [3.8, 4) is 11.4 Å². The normalized spacial score (nSPS) is 11.0. The number of hydrogen-bond acceptors (Lipinski definition) is 4. The van der Waals surface area contributed by atoms with Crippen LogP contribution < -0.4 is 10.5 Å². The molecule has 0 bridgehead atoms. The average molecular weight is 304 g/mol. The number of halogens is 1. The Morgan fingerprint density at radius 1 is 1.29 bits per heavy atom. The van der Waals surface area contributed by atoms with Crippen LogP contribution in [0.5, 0.6) is 5.75 Å². The van der Waals surface area contributed by atoms with Crippen LogP contribution in [0.1, 0.15) is 5.82 Å². The zero-order chi connectivity index (χ0) is 15.0. The summed E-state index contributed by atoms with van der Waals surface area (Å²) < 4.78 is 7.04. The Morgan fingerprint density at radius 3 is 2.81 bits per heavy atom. The van der Waals surface area contributed by atoms with E-state index >= 15 is 0 Å². The van der Waals surface area contributed by atoms with E-state index in [9.17, 15) is 5.11 Å². The number of aliphatic hydroxyl groups excluding tert-OH is 1. The maximum atomic E-state index is 9.58. The number of hydrogen-bond donors (Lipinski definition) is 2. The molecule has 21 heavy (non-hydrogen) atoms. The maximum absolute atomic E-state index is 9.58. The van der Waals surface area contributed by atoms with E-state index in [-0.39, 0.29) is 6.61 Å². The fraction of sp³-hybridized carbons (Fsp3) is 0.133. The molecule has 0 radical (unpaired) electrons. The molecule has 2 aromatic carbocycles. The van der Waals surface area contributed by atoms with E-state index in [0.717, 1.165) is 5.52 Å². The van der Waals surface area contributed by atoms with Crippen LogP contribution in [0.4, 0.5) is 5.69 Å². The molecule has 0 unspecified atom stereocenters. The molecule has 1 aromatic heterocycles. The van der Waals surface area contributed by atoms with Gasteiger partial charge >= 0.3 is 0 Å². The highest BCUT2D eigenvalue weighted by molar-refractivity contribution is 6.32. The summed E-state index contributed by atoms with van der Waals surface area (Å²) in [6.45, 7) is -0.206. The van der Waals surface area contributed by atoms with Gasteiger partial charge in [-0.2, -0.15) is 0 Å². The predicted molar refractivity (Wildman–Crippen MR) is 83.0 cm³/mol. The third-order valence-electron chi connectivity index (χ3n) is 3.28. The van der Waals surface area contributed by atoms with Crippen LogP contribution in [0.2, 0.25) is 5.02 Å². The fourth-order valence-electron chi connectivity index (χ4n) is 2.31. The summed E-state index contributed by atoms with van der Waals surface area (Å²) in [5, 5.41) is 10.1. The van der Waals surface area contributed by atoms with Crippen LogP contribution in [0.25, 0.3) is 16.7 Å². The number of rotatable bonds is 3. The predicted octanol–water partition coefficient (Wildman–Crippen LogP) is 2.76. The van der Waals surface area contributed by atoms with Gasteiger partial charge in [-0.25, -0.2) is 4.98 Å². The molecule has 0 saturated heterocycles. The number of aromatic nitrogens is 2. The van der Waals surface area contributed by atoms with Crippen molar-refractivity contribution >= 4 is 28.3 Å². The van der Waals surface area contributed by atoms with Gasteiger partial charge in [-0.05, 0) is 30.3 Å². The minimum atomic E-state index is -0.206. The highest BCUT2D eigenvalue weighted by Gasteiger charge is 2.15. The first kappa shape index (κ1) is 13.7. The van der Waals surface area contributed by atoms with Crippen molar-refractivity contribution in [3.63, 3.8) is 0 Å². The summed E-state index contributed by atoms with van der Waals surface area (Å²) in [6.07, 6.45) is 0. The summed E-state index contributed by atoms with van der Waals surface area (Å²) in [4.78, 5) is 4.40. The third-order valence-corrected chi connectivity index (χ3v) is 3.60. The molecule has 0 aliphatic carbocycles. The van der Waals surface area contributed by atoms with Gasteiger partial charge in [-0.3, -0.25) is 4.57 Å². The molecule has 5 nitrogen and oxygen atoms in total. The molecule has 0 atom stereocenters. The fourth-order valence-corrected chi connectivity index (χ4v) is 2.51. The van der Waals surface area contributed by atoms with Crippen LogP contribution in [0, 0.1) is 0 Å². The number of nitrogens with two attached hydrogens (primary N) is 1. The molecule has 0 spiro atoms. The first-order valence-electron chi connectivity index (χ1n) is 6.35. The van der Waals surface area contributed by atoms with E-state index in [1.54, 1.807) is 42.0 Å². The van der Waals surface area contributed by atoms with Crippen molar-refractivity contribution in [3.05, 3.63) is 47.2 Å². The number of nitrogens with zero attached hydrogens (tertiary/aromatic N) is 2. The molecule has 0 fully saturated rings. The Labute approximate surface area is 126 Å². The first-order chi connectivity index (χ1) is 10.1. The Morgan fingerprint density at radius 2 is 2.10 bits per heavy atom. The summed E-state index contributed by atoms with van der Waals surface area (Å²) in [7, 11) is 1.59. The Hall–Kier alpha value is -2.24. The van der Waals surface area contributed by atoms with Gasteiger partial charge in [0.1, 0.15) is 18.2 Å². The molecule has 3 rings (SSSR count). The van der Waals surface area contributed by atoms with Crippen LogP contribution in [0.3, 0.4) is 0 Å². The van der Waals surface area contributed by atoms with E-state index in [0.29, 0.717) is 33.5 Å². The number of fused-ring (bicyclic) bond motifs is 1. The third kappa shape index (κ3) is 2.30. The lowest BCUT2D eigenvalue weighted by atomic mass is 10.2. The second-order valence-corrected chi connectivity index (χ2v) is 4.99. The van der Waals surface area contributed by atoms with E-state index in [2.05, 4.69) is 4.98 Å². The zero-order valence-corrected chi connectivity index (χ0v) is 12.1. The van der Waals surface area contributed by atoms with Crippen molar-refractivity contribution < 1.29 is 9.84 Å². The number of imidazole rings is 1. The van der Waals surface area contributed by atoms with Gasteiger partial charge in [-0.15, -0.1) is 0 Å². The van der Waals surface area contributed by atoms with Crippen molar-refractivity contribution in [2.75, 3.05) is 12.8 Å². The molecule has 0 saturated carbocycles. The van der Waals surface area contributed by atoms with Crippen molar-refractivity contribution in [1.82, 2.24) is 9.55 Å². The van der Waals surface area contributed by atoms with Gasteiger partial charge in [0.15, 0.2) is 0 Å². The van der Waals surface area contributed by atoms with E-state index in [1.807, 2.05) is 6.07 Å². The lowest BCUT2D eigenvalue weighted by Gasteiger charge is -2.11. The molecule has 0 amide bonds. The maximum Gasteiger partial charge on any atom is 0.140 e. The lowest BCUT2D eigenvalue weighted by Crippen LogP contribution is -2.02. The van der Waals surface area contributed by atoms with Gasteiger partial charge in [0.25, 0.3) is 0 Å². The van der Waals surface area contributed by atoms with E-state index in [1.165, 1.54) is 0 Å². The van der Waals surface area contributed by atoms with Crippen LogP contribution in [-0.4, -0.2) is 21.8 Å². The topological polar surface area (TPSA) is 73.3 Å². The number of methoxy groups -OCH3 is 1. The molecule has 3 aromatic rings. The van der Waals surface area contributed by atoms with Crippen LogP contribution in [-0.2, 0) is 6.61 Å². The van der Waals surface area contributed by atoms with Gasteiger partial charge in [0.05, 0.1) is 28.9 Å². The highest BCUT2D eigenvalue weighted by Crippen LogP contribution is 2.30. The number of benzene rings is 2. The van der Waals surface area contributed by atoms with Crippen molar-refractivity contribution in [2.45, 2.75) is 6.61 Å². The van der Waals surface area contributed by atoms with E-state index in [4.69, 9.17) is 22.1 Å². The lowest BCUT2D eigenvalue weighted by molar-refractivity contribution is 0.270. The molecule has 0 aliphatic rings. The zero-order valence-electron chi connectivity index (χ0n) is 11.4. The minimum absolute atomic E-state index is 0.206. The highest BCUT2D eigenvalue weighted by atomic mass is 35.5. The average Bonchev–Trinajstić information content (AvgIpc) is 2.85. The number of ether oxygens (including phenoxy) is 1. The van der Waals surface area contributed by atoms with Crippen molar-refractivity contribution in [2.24, 2.45) is 0 Å². The standard InChI is InChI=1S/C15H14ClN3O2/c1-21-10-3-4-11(16)14(7-10)19-13-5-2-9(17)6-12(13)18-15(19)8-20/h2-7,20H,8,17H2,1H3. The SMILES string of the molecule is COc1ccc(Cl)c(-n2c(CO)nc3cc(N)ccc32)c1. The van der Waals surface area contributed by atoms with Crippen LogP contribution in [0.15, 0.2) is 36.4 Å². The number of anilines is 1. The molecular weight excluding hydrogens is 290 g/mol. The Bertz CT molecular complexity index is 814. The molecule has 6 heteroatoms. The Balaban J connectivity index is 2.33. The smallest absolute Gasteiger partial charge is 0.140 e. The van der Waals surface area contributed by atoms with Gasteiger partial charge in [0, 0.05) is 11.8 Å². The van der Waals surface area contributed by atoms with Crippen molar-refractivity contribution in [1.29, 1.82) is 0 Å². The monoisotopic (exact) mass is 303 g/mol. The summed E-state index contributed by atoms with van der Waals surface area (Å²) in [5.74, 6) is 1.17.